The van der Waals surface area contributed by atoms with Crippen molar-refractivity contribution in [1.29, 1.82) is 0 Å². The van der Waals surface area contributed by atoms with Gasteiger partial charge < -0.3 is 10.6 Å². The lowest BCUT2D eigenvalue weighted by molar-refractivity contribution is 0.624. The predicted octanol–water partition coefficient (Wildman–Crippen LogP) is 2.23. The van der Waals surface area contributed by atoms with Crippen molar-refractivity contribution in [1.82, 2.24) is 4.98 Å². The molecule has 18 heavy (non-hydrogen) atoms. The van der Waals surface area contributed by atoms with E-state index in [2.05, 4.69) is 28.6 Å². The third-order valence-corrected chi connectivity index (χ3v) is 4.46. The van der Waals surface area contributed by atoms with Crippen molar-refractivity contribution in [3.05, 3.63) is 18.5 Å². The minimum atomic E-state index is -0.596. The summed E-state index contributed by atoms with van der Waals surface area (Å²) in [4.78, 5) is 4.23. The Morgan fingerprint density at radius 1 is 1.33 bits per heavy atom. The first kappa shape index (κ1) is 13.3. The molecule has 1 aromatic rings. The van der Waals surface area contributed by atoms with Crippen LogP contribution in [0.3, 0.4) is 0 Å². The number of anilines is 2. The van der Waals surface area contributed by atoms with E-state index in [0.29, 0.717) is 6.04 Å². The number of pyridine rings is 1. The largest absolute Gasteiger partial charge is 0.384 e. The maximum absolute atomic E-state index is 11.3. The van der Waals surface area contributed by atoms with Crippen molar-refractivity contribution in [2.24, 2.45) is 0 Å². The van der Waals surface area contributed by atoms with Crippen molar-refractivity contribution in [2.45, 2.75) is 32.2 Å². The summed E-state index contributed by atoms with van der Waals surface area (Å²) in [5.74, 6) is 1.64. The van der Waals surface area contributed by atoms with Gasteiger partial charge in [-0.25, -0.2) is 0 Å². The van der Waals surface area contributed by atoms with E-state index in [0.717, 1.165) is 48.7 Å². The monoisotopic (exact) mass is 267 g/mol. The van der Waals surface area contributed by atoms with E-state index in [1.807, 2.05) is 12.4 Å². The van der Waals surface area contributed by atoms with Crippen LogP contribution < -0.4 is 10.6 Å². The Morgan fingerprint density at radius 3 is 2.78 bits per heavy atom. The summed E-state index contributed by atoms with van der Waals surface area (Å²) in [7, 11) is -0.596. The molecule has 0 unspecified atom stereocenters. The third-order valence-electron chi connectivity index (χ3n) is 3.08. The average molecular weight is 267 g/mol. The molecular formula is C13H21N3OS. The minimum Gasteiger partial charge on any atom is -0.384 e. The summed E-state index contributed by atoms with van der Waals surface area (Å²) in [6, 6.07) is 2.53. The Labute approximate surface area is 111 Å². The highest BCUT2D eigenvalue weighted by Gasteiger charge is 2.17. The van der Waals surface area contributed by atoms with Crippen molar-refractivity contribution in [3.8, 4) is 0 Å². The molecule has 1 aromatic heterocycles. The molecule has 1 aliphatic heterocycles. The van der Waals surface area contributed by atoms with Crippen molar-refractivity contribution in [3.63, 3.8) is 0 Å². The third kappa shape index (κ3) is 3.98. The molecule has 4 nitrogen and oxygen atoms in total. The molecule has 0 saturated carbocycles. The molecule has 5 heteroatoms. The van der Waals surface area contributed by atoms with Crippen LogP contribution in [0.2, 0.25) is 0 Å². The summed E-state index contributed by atoms with van der Waals surface area (Å²) in [5.41, 5.74) is 2.11. The van der Waals surface area contributed by atoms with E-state index in [-0.39, 0.29) is 0 Å². The van der Waals surface area contributed by atoms with Crippen molar-refractivity contribution < 1.29 is 4.21 Å². The Kier molecular flexibility index (Phi) is 4.99. The number of nitrogens with one attached hydrogen (secondary N) is 2. The van der Waals surface area contributed by atoms with Crippen LogP contribution in [0.25, 0.3) is 0 Å². The van der Waals surface area contributed by atoms with E-state index in [1.165, 1.54) is 0 Å². The quantitative estimate of drug-likeness (QED) is 0.859. The summed E-state index contributed by atoms with van der Waals surface area (Å²) in [5, 5.41) is 6.81. The van der Waals surface area contributed by atoms with Crippen molar-refractivity contribution >= 4 is 22.2 Å². The molecule has 1 saturated heterocycles. The second-order valence-electron chi connectivity index (χ2n) is 4.66. The molecule has 0 amide bonds. The summed E-state index contributed by atoms with van der Waals surface area (Å²) in [6.07, 6.45) is 6.77. The molecule has 2 heterocycles. The van der Waals surface area contributed by atoms with Crippen LogP contribution in [0.5, 0.6) is 0 Å². The van der Waals surface area contributed by atoms with Gasteiger partial charge in [0.25, 0.3) is 0 Å². The summed E-state index contributed by atoms with van der Waals surface area (Å²) in [6.45, 7) is 3.11. The Balaban J connectivity index is 1.90. The van der Waals surface area contributed by atoms with E-state index >= 15 is 0 Å². The molecule has 0 aromatic carbocycles. The zero-order valence-electron chi connectivity index (χ0n) is 10.8. The second kappa shape index (κ2) is 6.73. The molecule has 0 bridgehead atoms. The predicted molar refractivity (Wildman–Crippen MR) is 77.5 cm³/mol. The topological polar surface area (TPSA) is 54.0 Å². The van der Waals surface area contributed by atoms with E-state index in [9.17, 15) is 4.21 Å². The Morgan fingerprint density at radius 2 is 2.06 bits per heavy atom. The van der Waals surface area contributed by atoms with Crippen LogP contribution in [0.1, 0.15) is 26.2 Å². The first-order valence-electron chi connectivity index (χ1n) is 6.58. The summed E-state index contributed by atoms with van der Waals surface area (Å²) >= 11 is 0. The fraction of sp³-hybridized carbons (Fsp3) is 0.615. The summed E-state index contributed by atoms with van der Waals surface area (Å²) < 4.78 is 11.3. The van der Waals surface area contributed by atoms with Gasteiger partial charge in [-0.3, -0.25) is 9.19 Å². The van der Waals surface area contributed by atoms with Gasteiger partial charge in [0.05, 0.1) is 23.8 Å². The second-order valence-corrected chi connectivity index (χ2v) is 6.35. The van der Waals surface area contributed by atoms with E-state index < -0.39 is 10.8 Å². The normalized spacial score (nSPS) is 23.6. The number of hydrogen-bond donors (Lipinski definition) is 2. The number of aromatic nitrogens is 1. The molecule has 0 atom stereocenters. The van der Waals surface area contributed by atoms with Gasteiger partial charge >= 0.3 is 0 Å². The number of rotatable bonds is 5. The SMILES string of the molecule is CCCNc1cncc(NC2CCS(=O)CC2)c1. The zero-order valence-corrected chi connectivity index (χ0v) is 11.6. The van der Waals surface area contributed by atoms with Crippen LogP contribution in [-0.2, 0) is 10.8 Å². The average Bonchev–Trinajstić information content (AvgIpc) is 2.40. The number of nitrogens with zero attached hydrogens (tertiary/aromatic N) is 1. The van der Waals surface area contributed by atoms with Crippen LogP contribution in [0.4, 0.5) is 11.4 Å². The van der Waals surface area contributed by atoms with E-state index in [4.69, 9.17) is 0 Å². The van der Waals surface area contributed by atoms with Gasteiger partial charge in [0.1, 0.15) is 0 Å². The molecule has 0 radical (unpaired) electrons. The molecule has 1 fully saturated rings. The minimum absolute atomic E-state index is 0.436. The highest BCUT2D eigenvalue weighted by molar-refractivity contribution is 7.85. The molecule has 2 N–H and O–H groups in total. The lowest BCUT2D eigenvalue weighted by Crippen LogP contribution is -2.29. The van der Waals surface area contributed by atoms with Gasteiger partial charge in [0.15, 0.2) is 0 Å². The lowest BCUT2D eigenvalue weighted by atomic mass is 10.1. The molecule has 0 spiro atoms. The maximum Gasteiger partial charge on any atom is 0.0549 e. The zero-order chi connectivity index (χ0) is 12.8. The fourth-order valence-electron chi connectivity index (χ4n) is 2.06. The fourth-order valence-corrected chi connectivity index (χ4v) is 3.36. The lowest BCUT2D eigenvalue weighted by Gasteiger charge is -2.23. The first-order valence-corrected chi connectivity index (χ1v) is 8.07. The van der Waals surface area contributed by atoms with Crippen LogP contribution >= 0.6 is 0 Å². The molecule has 0 aliphatic carbocycles. The number of hydrogen-bond acceptors (Lipinski definition) is 4. The molecule has 100 valence electrons. The van der Waals surface area contributed by atoms with Gasteiger partial charge in [0.2, 0.25) is 0 Å². The Bertz CT molecular complexity index is 401. The van der Waals surface area contributed by atoms with Crippen molar-refractivity contribution in [2.75, 3.05) is 28.7 Å². The van der Waals surface area contributed by atoms with Gasteiger partial charge in [0, 0.05) is 34.9 Å². The molecule has 2 rings (SSSR count). The highest BCUT2D eigenvalue weighted by atomic mass is 32.2. The highest BCUT2D eigenvalue weighted by Crippen LogP contribution is 2.18. The smallest absolute Gasteiger partial charge is 0.0549 e. The van der Waals surface area contributed by atoms with Crippen LogP contribution in [0.15, 0.2) is 18.5 Å². The van der Waals surface area contributed by atoms with Gasteiger partial charge in [-0.2, -0.15) is 0 Å². The van der Waals surface area contributed by atoms with Gasteiger partial charge in [-0.15, -0.1) is 0 Å². The molecule has 1 aliphatic rings. The molecular weight excluding hydrogens is 246 g/mol. The standard InChI is InChI=1S/C13H21N3OS/c1-2-5-15-12-8-13(10-14-9-12)16-11-3-6-18(17)7-4-11/h8-11,15-16H,2-7H2,1H3. The van der Waals surface area contributed by atoms with Crippen LogP contribution in [-0.4, -0.2) is 33.3 Å². The van der Waals surface area contributed by atoms with Gasteiger partial charge in [-0.05, 0) is 25.3 Å². The van der Waals surface area contributed by atoms with E-state index in [1.54, 1.807) is 0 Å². The van der Waals surface area contributed by atoms with Crippen LogP contribution in [0, 0.1) is 0 Å². The Hall–Kier alpha value is -1.10. The first-order chi connectivity index (χ1) is 8.78. The van der Waals surface area contributed by atoms with Gasteiger partial charge in [-0.1, -0.05) is 6.92 Å². The maximum atomic E-state index is 11.3.